The number of methoxy groups -OCH3 is 1. The van der Waals surface area contributed by atoms with E-state index in [1.165, 1.54) is 19.2 Å². The molecule has 11 heteroatoms. The van der Waals surface area contributed by atoms with Gasteiger partial charge in [0, 0.05) is 12.8 Å². The first-order valence-corrected chi connectivity index (χ1v) is 13.5. The lowest BCUT2D eigenvalue weighted by atomic mass is 9.88. The standard InChI is InChI=1S/C28H43NO10/c1-6-9-15-36-26(32)38-22-13-12-21(18-23(22)39-27(33)37-16-10-7-2)19-28(29,25(31)34-5)14-17-35-24(30)20(4)11-8-3/h12-13,18,20H,6-11,14-17,19,29H2,1-5H3/t20?,28-/m1/s1. The van der Waals surface area contributed by atoms with E-state index in [1.54, 1.807) is 13.0 Å². The van der Waals surface area contributed by atoms with Crippen molar-refractivity contribution < 1.29 is 47.6 Å². The average Bonchev–Trinajstić information content (AvgIpc) is 2.90. The number of ether oxygens (including phenoxy) is 6. The maximum Gasteiger partial charge on any atom is 0.513 e. The van der Waals surface area contributed by atoms with Crippen LogP contribution in [0.5, 0.6) is 11.5 Å². The first-order chi connectivity index (χ1) is 18.6. The van der Waals surface area contributed by atoms with E-state index in [0.29, 0.717) is 24.8 Å². The largest absolute Gasteiger partial charge is 0.513 e. The van der Waals surface area contributed by atoms with Gasteiger partial charge in [-0.15, -0.1) is 0 Å². The van der Waals surface area contributed by atoms with Gasteiger partial charge in [-0.25, -0.2) is 9.59 Å². The minimum absolute atomic E-state index is 0.0124. The van der Waals surface area contributed by atoms with E-state index in [0.717, 1.165) is 19.3 Å². The lowest BCUT2D eigenvalue weighted by Gasteiger charge is -2.27. The monoisotopic (exact) mass is 553 g/mol. The minimum atomic E-state index is -1.55. The summed E-state index contributed by atoms with van der Waals surface area (Å²) >= 11 is 0. The van der Waals surface area contributed by atoms with Gasteiger partial charge in [-0.2, -0.15) is 0 Å². The topological polar surface area (TPSA) is 150 Å². The number of hydrogen-bond acceptors (Lipinski definition) is 11. The second-order valence-electron chi connectivity index (χ2n) is 9.32. The summed E-state index contributed by atoms with van der Waals surface area (Å²) in [6, 6.07) is 4.37. The molecule has 39 heavy (non-hydrogen) atoms. The van der Waals surface area contributed by atoms with Gasteiger partial charge >= 0.3 is 24.2 Å². The third-order valence-corrected chi connectivity index (χ3v) is 5.86. The molecule has 220 valence electrons. The molecule has 1 aromatic carbocycles. The molecule has 1 unspecified atom stereocenters. The van der Waals surface area contributed by atoms with Crippen LogP contribution in [-0.4, -0.2) is 56.7 Å². The Bertz CT molecular complexity index is 935. The van der Waals surface area contributed by atoms with Gasteiger partial charge in [0.15, 0.2) is 11.5 Å². The van der Waals surface area contributed by atoms with Crippen molar-refractivity contribution in [1.82, 2.24) is 0 Å². The van der Waals surface area contributed by atoms with E-state index in [-0.39, 0.29) is 56.0 Å². The molecule has 0 heterocycles. The molecule has 0 aromatic heterocycles. The summed E-state index contributed by atoms with van der Waals surface area (Å²) < 4.78 is 30.8. The maximum atomic E-state index is 12.6. The van der Waals surface area contributed by atoms with Gasteiger partial charge in [-0.1, -0.05) is 53.0 Å². The lowest BCUT2D eigenvalue weighted by Crippen LogP contribution is -2.51. The second-order valence-corrected chi connectivity index (χ2v) is 9.32. The number of unbranched alkanes of at least 4 members (excludes halogenated alkanes) is 2. The number of carbonyl (C=O) groups excluding carboxylic acids is 4. The number of esters is 2. The Hall–Kier alpha value is -3.34. The third kappa shape index (κ3) is 12.4. The lowest BCUT2D eigenvalue weighted by molar-refractivity contribution is -0.153. The molecule has 11 nitrogen and oxygen atoms in total. The van der Waals surface area contributed by atoms with Crippen LogP contribution < -0.4 is 15.2 Å². The van der Waals surface area contributed by atoms with Crippen LogP contribution in [0.1, 0.15) is 78.2 Å². The Morgan fingerprint density at radius 3 is 1.97 bits per heavy atom. The van der Waals surface area contributed by atoms with Crippen molar-refractivity contribution in [2.75, 3.05) is 26.9 Å². The van der Waals surface area contributed by atoms with Crippen molar-refractivity contribution in [3.63, 3.8) is 0 Å². The molecule has 0 bridgehead atoms. The van der Waals surface area contributed by atoms with E-state index in [1.807, 2.05) is 20.8 Å². The fraction of sp³-hybridized carbons (Fsp3) is 0.643. The number of hydrogen-bond donors (Lipinski definition) is 1. The minimum Gasteiger partial charge on any atom is -0.468 e. The molecular formula is C28H43NO10. The predicted molar refractivity (Wildman–Crippen MR) is 142 cm³/mol. The Balaban J connectivity index is 3.10. The summed E-state index contributed by atoms with van der Waals surface area (Å²) in [7, 11) is 1.21. The third-order valence-electron chi connectivity index (χ3n) is 5.86. The molecule has 0 spiro atoms. The summed E-state index contributed by atoms with van der Waals surface area (Å²) in [5.41, 5.74) is 5.34. The van der Waals surface area contributed by atoms with Crippen LogP contribution in [0, 0.1) is 5.92 Å². The number of carbonyl (C=O) groups is 4. The zero-order valence-corrected chi connectivity index (χ0v) is 23.7. The molecule has 0 saturated carbocycles. The van der Waals surface area contributed by atoms with Gasteiger partial charge in [-0.3, -0.25) is 9.59 Å². The average molecular weight is 554 g/mol. The maximum absolute atomic E-state index is 12.6. The SMILES string of the molecule is CCCCOC(=O)Oc1ccc(C[C@](N)(CCOC(=O)C(C)CCC)C(=O)OC)cc1OC(=O)OCCCC. The molecule has 0 radical (unpaired) electrons. The van der Waals surface area contributed by atoms with E-state index < -0.39 is 23.8 Å². The van der Waals surface area contributed by atoms with E-state index in [2.05, 4.69) is 0 Å². The predicted octanol–water partition coefficient (Wildman–Crippen LogP) is 5.10. The van der Waals surface area contributed by atoms with Crippen molar-refractivity contribution >= 4 is 24.2 Å². The smallest absolute Gasteiger partial charge is 0.468 e. The molecule has 2 N–H and O–H groups in total. The first-order valence-electron chi connectivity index (χ1n) is 13.5. The van der Waals surface area contributed by atoms with Crippen LogP contribution in [0.2, 0.25) is 0 Å². The summed E-state index contributed by atoms with van der Waals surface area (Å²) in [6.07, 6.45) is 2.49. The second kappa shape index (κ2) is 18.0. The van der Waals surface area contributed by atoms with Gasteiger partial charge < -0.3 is 34.2 Å². The highest BCUT2D eigenvalue weighted by Gasteiger charge is 2.36. The van der Waals surface area contributed by atoms with Crippen LogP contribution in [0.3, 0.4) is 0 Å². The zero-order chi connectivity index (χ0) is 29.3. The Kier molecular flexibility index (Phi) is 15.6. The fourth-order valence-corrected chi connectivity index (χ4v) is 3.52. The molecule has 2 atom stereocenters. The summed E-state index contributed by atoms with van der Waals surface area (Å²) in [5, 5.41) is 0. The van der Waals surface area contributed by atoms with Gasteiger partial charge in [0.1, 0.15) is 5.54 Å². The fourth-order valence-electron chi connectivity index (χ4n) is 3.52. The van der Waals surface area contributed by atoms with Crippen LogP contribution in [0.4, 0.5) is 9.59 Å². The molecule has 0 aliphatic rings. The van der Waals surface area contributed by atoms with Crippen LogP contribution in [0.15, 0.2) is 18.2 Å². The normalized spacial score (nSPS) is 13.0. The molecule has 0 saturated heterocycles. The summed E-state index contributed by atoms with van der Waals surface area (Å²) in [4.78, 5) is 49.1. The van der Waals surface area contributed by atoms with Crippen molar-refractivity contribution in [1.29, 1.82) is 0 Å². The summed E-state index contributed by atoms with van der Waals surface area (Å²) in [5.74, 6) is -1.53. The first kappa shape index (κ1) is 33.7. The quantitative estimate of drug-likeness (QED) is 0.119. The summed E-state index contributed by atoms with van der Waals surface area (Å²) in [6.45, 7) is 7.90. The Labute approximate surface area is 230 Å². The molecule has 0 amide bonds. The van der Waals surface area contributed by atoms with Crippen LogP contribution >= 0.6 is 0 Å². The van der Waals surface area contributed by atoms with Crippen LogP contribution in [-0.2, 0) is 35.0 Å². The van der Waals surface area contributed by atoms with Crippen molar-refractivity contribution in [2.45, 2.75) is 84.6 Å². The van der Waals surface area contributed by atoms with Crippen molar-refractivity contribution in [3.8, 4) is 11.5 Å². The number of rotatable bonds is 17. The molecule has 1 aromatic rings. The van der Waals surface area contributed by atoms with Crippen molar-refractivity contribution in [3.05, 3.63) is 23.8 Å². The van der Waals surface area contributed by atoms with E-state index >= 15 is 0 Å². The molecule has 1 rings (SSSR count). The van der Waals surface area contributed by atoms with Gasteiger partial charge in [0.05, 0.1) is 32.8 Å². The molecule has 0 aliphatic carbocycles. The number of benzene rings is 1. The number of nitrogens with two attached hydrogens (primary N) is 1. The highest BCUT2D eigenvalue weighted by molar-refractivity contribution is 5.81. The van der Waals surface area contributed by atoms with Gasteiger partial charge in [-0.05, 0) is 37.0 Å². The molecule has 0 aliphatic heterocycles. The van der Waals surface area contributed by atoms with Crippen LogP contribution in [0.25, 0.3) is 0 Å². The van der Waals surface area contributed by atoms with Gasteiger partial charge in [0.25, 0.3) is 0 Å². The molecule has 0 fully saturated rings. The van der Waals surface area contributed by atoms with Gasteiger partial charge in [0.2, 0.25) is 0 Å². The van der Waals surface area contributed by atoms with E-state index in [4.69, 9.17) is 34.2 Å². The highest BCUT2D eigenvalue weighted by atomic mass is 16.7. The Morgan fingerprint density at radius 2 is 1.44 bits per heavy atom. The zero-order valence-electron chi connectivity index (χ0n) is 23.7. The van der Waals surface area contributed by atoms with E-state index in [9.17, 15) is 19.2 Å². The Morgan fingerprint density at radius 1 is 0.846 bits per heavy atom. The molecular weight excluding hydrogens is 510 g/mol. The van der Waals surface area contributed by atoms with Crippen molar-refractivity contribution in [2.24, 2.45) is 11.7 Å². The highest BCUT2D eigenvalue weighted by Crippen LogP contribution is 2.31.